The molecule has 1 N–H and O–H groups in total. The molecule has 3 nitrogen and oxygen atoms in total. The highest BCUT2D eigenvalue weighted by Gasteiger charge is 2.08. The van der Waals surface area contributed by atoms with Gasteiger partial charge < -0.3 is 14.8 Å². The summed E-state index contributed by atoms with van der Waals surface area (Å²) in [5.41, 5.74) is 1.19. The third-order valence-corrected chi connectivity index (χ3v) is 2.75. The molecule has 0 heterocycles. The molecule has 0 aliphatic rings. The van der Waals surface area contributed by atoms with Gasteiger partial charge in [-0.1, -0.05) is 32.6 Å². The van der Waals surface area contributed by atoms with E-state index in [1.165, 1.54) is 5.56 Å². The quantitative estimate of drug-likeness (QED) is 0.729. The van der Waals surface area contributed by atoms with Gasteiger partial charge in [-0.2, -0.15) is 0 Å². The fourth-order valence-corrected chi connectivity index (χ4v) is 1.68. The van der Waals surface area contributed by atoms with Crippen molar-refractivity contribution < 1.29 is 9.47 Å². The van der Waals surface area contributed by atoms with E-state index in [9.17, 15) is 0 Å². The lowest BCUT2D eigenvalue weighted by Crippen LogP contribution is -2.19. The zero-order chi connectivity index (χ0) is 14.3. The van der Waals surface area contributed by atoms with E-state index in [-0.39, 0.29) is 6.10 Å². The third kappa shape index (κ3) is 5.35. The standard InChI is InChI=1S/C16H25NO2/c1-6-13(4)19-16-9-14(7-8-15(16)18-5)11-17-10-12(2)3/h6-9,12-13,17H,1,10-11H2,2-5H3. The van der Waals surface area contributed by atoms with Crippen molar-refractivity contribution in [2.45, 2.75) is 33.4 Å². The SMILES string of the molecule is C=CC(C)Oc1cc(CNCC(C)C)ccc1OC. The van der Waals surface area contributed by atoms with E-state index < -0.39 is 0 Å². The van der Waals surface area contributed by atoms with Gasteiger partial charge in [-0.25, -0.2) is 0 Å². The maximum Gasteiger partial charge on any atom is 0.162 e. The van der Waals surface area contributed by atoms with Gasteiger partial charge in [0.25, 0.3) is 0 Å². The zero-order valence-electron chi connectivity index (χ0n) is 12.4. The summed E-state index contributed by atoms with van der Waals surface area (Å²) >= 11 is 0. The van der Waals surface area contributed by atoms with Gasteiger partial charge in [0, 0.05) is 6.54 Å². The van der Waals surface area contributed by atoms with Crippen LogP contribution in [0.3, 0.4) is 0 Å². The van der Waals surface area contributed by atoms with Crippen LogP contribution in [0.1, 0.15) is 26.3 Å². The van der Waals surface area contributed by atoms with E-state index >= 15 is 0 Å². The number of benzene rings is 1. The normalized spacial score (nSPS) is 12.3. The van der Waals surface area contributed by atoms with Crippen molar-refractivity contribution in [1.82, 2.24) is 5.32 Å². The van der Waals surface area contributed by atoms with Crippen molar-refractivity contribution in [3.8, 4) is 11.5 Å². The fraction of sp³-hybridized carbons (Fsp3) is 0.500. The first-order valence-corrected chi connectivity index (χ1v) is 6.73. The van der Waals surface area contributed by atoms with Crippen LogP contribution in [0.2, 0.25) is 0 Å². The molecule has 0 radical (unpaired) electrons. The maximum absolute atomic E-state index is 5.78. The molecular weight excluding hydrogens is 238 g/mol. The third-order valence-electron chi connectivity index (χ3n) is 2.75. The lowest BCUT2D eigenvalue weighted by molar-refractivity contribution is 0.254. The van der Waals surface area contributed by atoms with Crippen LogP contribution in [0.15, 0.2) is 30.9 Å². The largest absolute Gasteiger partial charge is 0.493 e. The van der Waals surface area contributed by atoms with Crippen molar-refractivity contribution in [3.63, 3.8) is 0 Å². The number of hydrogen-bond donors (Lipinski definition) is 1. The second-order valence-electron chi connectivity index (χ2n) is 5.07. The molecule has 0 bridgehead atoms. The maximum atomic E-state index is 5.78. The van der Waals surface area contributed by atoms with Crippen molar-refractivity contribution in [3.05, 3.63) is 36.4 Å². The topological polar surface area (TPSA) is 30.5 Å². The molecular formula is C16H25NO2. The Morgan fingerprint density at radius 1 is 1.26 bits per heavy atom. The van der Waals surface area contributed by atoms with Crippen molar-refractivity contribution in [2.24, 2.45) is 5.92 Å². The van der Waals surface area contributed by atoms with Crippen molar-refractivity contribution >= 4 is 0 Å². The van der Waals surface area contributed by atoms with Crippen LogP contribution in [0.25, 0.3) is 0 Å². The number of hydrogen-bond acceptors (Lipinski definition) is 3. The Kier molecular flexibility index (Phi) is 6.43. The van der Waals surface area contributed by atoms with Crippen LogP contribution in [-0.4, -0.2) is 19.8 Å². The fourth-order valence-electron chi connectivity index (χ4n) is 1.68. The molecule has 1 aromatic rings. The molecule has 0 aliphatic heterocycles. The van der Waals surface area contributed by atoms with E-state index in [1.54, 1.807) is 13.2 Å². The van der Waals surface area contributed by atoms with Crippen LogP contribution in [0.4, 0.5) is 0 Å². The molecule has 0 saturated heterocycles. The van der Waals surface area contributed by atoms with E-state index in [4.69, 9.17) is 9.47 Å². The van der Waals surface area contributed by atoms with Crippen LogP contribution in [0.5, 0.6) is 11.5 Å². The van der Waals surface area contributed by atoms with Crippen LogP contribution in [0, 0.1) is 5.92 Å². The minimum atomic E-state index is -0.0345. The molecule has 1 unspecified atom stereocenters. The predicted molar refractivity (Wildman–Crippen MR) is 79.8 cm³/mol. The first kappa shape index (κ1) is 15.6. The molecule has 106 valence electrons. The second kappa shape index (κ2) is 7.85. The number of methoxy groups -OCH3 is 1. The van der Waals surface area contributed by atoms with Gasteiger partial charge in [0.2, 0.25) is 0 Å². The summed E-state index contributed by atoms with van der Waals surface area (Å²) in [6.07, 6.45) is 1.73. The molecule has 3 heteroatoms. The Labute approximate surface area is 116 Å². The van der Waals surface area contributed by atoms with Crippen LogP contribution >= 0.6 is 0 Å². The van der Waals surface area contributed by atoms with Gasteiger partial charge in [0.1, 0.15) is 6.10 Å². The Balaban J connectivity index is 2.73. The summed E-state index contributed by atoms with van der Waals surface area (Å²) < 4.78 is 11.1. The number of nitrogens with one attached hydrogen (secondary N) is 1. The Morgan fingerprint density at radius 3 is 2.58 bits per heavy atom. The van der Waals surface area contributed by atoms with E-state index in [0.29, 0.717) is 5.92 Å². The Bertz CT molecular complexity index is 402. The average molecular weight is 263 g/mol. The van der Waals surface area contributed by atoms with Crippen molar-refractivity contribution in [1.29, 1.82) is 0 Å². The molecule has 1 atom stereocenters. The molecule has 0 saturated carbocycles. The minimum Gasteiger partial charge on any atom is -0.493 e. The highest BCUT2D eigenvalue weighted by Crippen LogP contribution is 2.29. The highest BCUT2D eigenvalue weighted by atomic mass is 16.5. The lowest BCUT2D eigenvalue weighted by atomic mass is 10.1. The first-order chi connectivity index (χ1) is 9.06. The average Bonchev–Trinajstić information content (AvgIpc) is 2.38. The van der Waals surface area contributed by atoms with Gasteiger partial charge in [-0.05, 0) is 37.1 Å². The lowest BCUT2D eigenvalue weighted by Gasteiger charge is -2.15. The molecule has 19 heavy (non-hydrogen) atoms. The predicted octanol–water partition coefficient (Wildman–Crippen LogP) is 3.39. The second-order valence-corrected chi connectivity index (χ2v) is 5.07. The summed E-state index contributed by atoms with van der Waals surface area (Å²) in [5.74, 6) is 2.16. The van der Waals surface area contributed by atoms with E-state index in [2.05, 4.69) is 31.8 Å². The summed E-state index contributed by atoms with van der Waals surface area (Å²) in [6.45, 7) is 11.9. The smallest absolute Gasteiger partial charge is 0.162 e. The molecule has 0 aliphatic carbocycles. The molecule has 0 spiro atoms. The molecule has 0 amide bonds. The summed E-state index contributed by atoms with van der Waals surface area (Å²) in [6, 6.07) is 6.02. The summed E-state index contributed by atoms with van der Waals surface area (Å²) in [4.78, 5) is 0. The van der Waals surface area contributed by atoms with Crippen LogP contribution in [-0.2, 0) is 6.54 Å². The molecule has 1 rings (SSSR count). The number of rotatable bonds is 8. The highest BCUT2D eigenvalue weighted by molar-refractivity contribution is 5.43. The Morgan fingerprint density at radius 2 is 2.00 bits per heavy atom. The monoisotopic (exact) mass is 263 g/mol. The van der Waals surface area contributed by atoms with Gasteiger partial charge in [-0.15, -0.1) is 0 Å². The van der Waals surface area contributed by atoms with E-state index in [1.807, 2.05) is 19.1 Å². The van der Waals surface area contributed by atoms with Gasteiger partial charge >= 0.3 is 0 Å². The van der Waals surface area contributed by atoms with Gasteiger partial charge in [0.15, 0.2) is 11.5 Å². The zero-order valence-corrected chi connectivity index (χ0v) is 12.4. The Hall–Kier alpha value is -1.48. The van der Waals surface area contributed by atoms with Crippen molar-refractivity contribution in [2.75, 3.05) is 13.7 Å². The molecule has 0 aromatic heterocycles. The van der Waals surface area contributed by atoms with Crippen LogP contribution < -0.4 is 14.8 Å². The minimum absolute atomic E-state index is 0.0345. The van der Waals surface area contributed by atoms with E-state index in [0.717, 1.165) is 24.6 Å². The molecule has 1 aromatic carbocycles. The number of ether oxygens (including phenoxy) is 2. The van der Waals surface area contributed by atoms with Gasteiger partial charge in [0.05, 0.1) is 7.11 Å². The molecule has 0 fully saturated rings. The summed E-state index contributed by atoms with van der Waals surface area (Å²) in [7, 11) is 1.65. The first-order valence-electron chi connectivity index (χ1n) is 6.73. The summed E-state index contributed by atoms with van der Waals surface area (Å²) in [5, 5.41) is 3.42. The van der Waals surface area contributed by atoms with Gasteiger partial charge in [-0.3, -0.25) is 0 Å².